The van der Waals surface area contributed by atoms with Crippen molar-refractivity contribution in [3.63, 3.8) is 0 Å². The summed E-state index contributed by atoms with van der Waals surface area (Å²) in [5.41, 5.74) is 0.609. The van der Waals surface area contributed by atoms with Crippen LogP contribution < -0.4 is 0 Å². The number of nitrogens with zero attached hydrogens (tertiary/aromatic N) is 1. The van der Waals surface area contributed by atoms with Gasteiger partial charge in [0.15, 0.2) is 0 Å². The Labute approximate surface area is 74.8 Å². The molecule has 2 saturated carbocycles. The van der Waals surface area contributed by atoms with E-state index >= 15 is 0 Å². The van der Waals surface area contributed by atoms with Crippen LogP contribution in [0.3, 0.4) is 0 Å². The molecule has 2 rings (SSSR count). The van der Waals surface area contributed by atoms with Gasteiger partial charge in [-0.25, -0.2) is 0 Å². The molecule has 0 aliphatic heterocycles. The zero-order valence-corrected chi connectivity index (χ0v) is 7.90. The third-order valence-electron chi connectivity index (χ3n) is 3.87. The Hall–Kier alpha value is -0.510. The van der Waals surface area contributed by atoms with E-state index < -0.39 is 0 Å². The molecule has 1 nitrogen and oxygen atoms in total. The standard InChI is InChI=1S/C11H17N/c1-10-4-2-6-11(8-10,9-12)7-3-5-10/h2-8H2,1H3. The van der Waals surface area contributed by atoms with Gasteiger partial charge in [0.2, 0.25) is 0 Å². The number of nitriles is 1. The predicted molar refractivity (Wildman–Crippen MR) is 48.5 cm³/mol. The molecule has 0 spiro atoms. The van der Waals surface area contributed by atoms with E-state index in [9.17, 15) is 0 Å². The maximum Gasteiger partial charge on any atom is 0.0689 e. The average molecular weight is 163 g/mol. The van der Waals surface area contributed by atoms with Crippen LogP contribution in [0.15, 0.2) is 0 Å². The van der Waals surface area contributed by atoms with E-state index in [0.29, 0.717) is 5.41 Å². The largest absolute Gasteiger partial charge is 0.198 e. The molecule has 0 saturated heterocycles. The van der Waals surface area contributed by atoms with Gasteiger partial charge >= 0.3 is 0 Å². The third kappa shape index (κ3) is 1.14. The second kappa shape index (κ2) is 2.49. The maximum absolute atomic E-state index is 9.16. The first-order valence-electron chi connectivity index (χ1n) is 5.09. The summed E-state index contributed by atoms with van der Waals surface area (Å²) in [7, 11) is 0. The molecular formula is C11H17N. The Morgan fingerprint density at radius 1 is 1.08 bits per heavy atom. The highest BCUT2D eigenvalue weighted by atomic mass is 14.5. The Morgan fingerprint density at radius 3 is 2.08 bits per heavy atom. The molecule has 0 N–H and O–H groups in total. The molecule has 12 heavy (non-hydrogen) atoms. The lowest BCUT2D eigenvalue weighted by atomic mass is 9.56. The molecule has 66 valence electrons. The van der Waals surface area contributed by atoms with E-state index in [1.807, 2.05) is 0 Å². The molecule has 0 amide bonds. The normalized spacial score (nSPS) is 46.7. The first-order valence-corrected chi connectivity index (χ1v) is 5.09. The van der Waals surface area contributed by atoms with Crippen LogP contribution in [0, 0.1) is 22.2 Å². The summed E-state index contributed by atoms with van der Waals surface area (Å²) in [6.45, 7) is 2.37. The highest BCUT2D eigenvalue weighted by Crippen LogP contribution is 2.54. The minimum absolute atomic E-state index is 0.0885. The van der Waals surface area contributed by atoms with Crippen LogP contribution in [0.5, 0.6) is 0 Å². The zero-order valence-electron chi connectivity index (χ0n) is 7.90. The molecule has 0 aromatic rings. The van der Waals surface area contributed by atoms with Crippen LogP contribution in [-0.2, 0) is 0 Å². The number of hydrogen-bond donors (Lipinski definition) is 0. The fourth-order valence-electron chi connectivity index (χ4n) is 3.28. The van der Waals surface area contributed by atoms with E-state index in [1.165, 1.54) is 44.9 Å². The van der Waals surface area contributed by atoms with Gasteiger partial charge < -0.3 is 0 Å². The molecule has 0 heterocycles. The molecule has 0 radical (unpaired) electrons. The van der Waals surface area contributed by atoms with Gasteiger partial charge in [0.05, 0.1) is 11.5 Å². The lowest BCUT2D eigenvalue weighted by Gasteiger charge is -2.47. The number of rotatable bonds is 0. The fourth-order valence-corrected chi connectivity index (χ4v) is 3.28. The Bertz CT molecular complexity index is 214. The van der Waals surface area contributed by atoms with Crippen LogP contribution in [0.25, 0.3) is 0 Å². The summed E-state index contributed by atoms with van der Waals surface area (Å²) in [5.74, 6) is 0. The molecular weight excluding hydrogens is 146 g/mol. The monoisotopic (exact) mass is 163 g/mol. The van der Waals surface area contributed by atoms with Crippen LogP contribution in [0.1, 0.15) is 51.9 Å². The first-order chi connectivity index (χ1) is 5.68. The molecule has 0 aromatic carbocycles. The predicted octanol–water partition coefficient (Wildman–Crippen LogP) is 3.26. The van der Waals surface area contributed by atoms with Gasteiger partial charge in [0, 0.05) is 0 Å². The second-order valence-corrected chi connectivity index (χ2v) is 5.09. The van der Waals surface area contributed by atoms with E-state index in [4.69, 9.17) is 5.26 Å². The lowest BCUT2D eigenvalue weighted by molar-refractivity contribution is 0.0522. The zero-order chi connectivity index (χ0) is 8.66. The van der Waals surface area contributed by atoms with Crippen molar-refractivity contribution >= 4 is 0 Å². The van der Waals surface area contributed by atoms with E-state index in [-0.39, 0.29) is 5.41 Å². The Kier molecular flexibility index (Phi) is 1.68. The smallest absolute Gasteiger partial charge is 0.0689 e. The minimum atomic E-state index is 0.0885. The van der Waals surface area contributed by atoms with Crippen molar-refractivity contribution in [1.29, 1.82) is 5.26 Å². The quantitative estimate of drug-likeness (QED) is 0.537. The van der Waals surface area contributed by atoms with Crippen LogP contribution >= 0.6 is 0 Å². The van der Waals surface area contributed by atoms with Gasteiger partial charge in [0.1, 0.15) is 0 Å². The molecule has 0 aromatic heterocycles. The third-order valence-corrected chi connectivity index (χ3v) is 3.87. The first kappa shape index (κ1) is 8.10. The molecule has 0 unspecified atom stereocenters. The van der Waals surface area contributed by atoms with Crippen LogP contribution in [0.2, 0.25) is 0 Å². The van der Waals surface area contributed by atoms with Crippen molar-refractivity contribution in [1.82, 2.24) is 0 Å². The van der Waals surface area contributed by atoms with E-state index in [1.54, 1.807) is 0 Å². The van der Waals surface area contributed by atoms with Crippen molar-refractivity contribution < 1.29 is 0 Å². The summed E-state index contributed by atoms with van der Waals surface area (Å²) < 4.78 is 0. The van der Waals surface area contributed by atoms with Crippen LogP contribution in [0.4, 0.5) is 0 Å². The topological polar surface area (TPSA) is 23.8 Å². The summed E-state index contributed by atoms with van der Waals surface area (Å²) in [6.07, 6.45) is 8.79. The van der Waals surface area contributed by atoms with Crippen molar-refractivity contribution in [3.05, 3.63) is 0 Å². The van der Waals surface area contributed by atoms with Crippen molar-refractivity contribution in [2.45, 2.75) is 51.9 Å². The van der Waals surface area contributed by atoms with Crippen LogP contribution in [-0.4, -0.2) is 0 Å². The van der Waals surface area contributed by atoms with Gasteiger partial charge in [-0.05, 0) is 37.5 Å². The maximum atomic E-state index is 9.16. The van der Waals surface area contributed by atoms with Gasteiger partial charge in [-0.15, -0.1) is 0 Å². The summed E-state index contributed by atoms with van der Waals surface area (Å²) in [5, 5.41) is 9.16. The van der Waals surface area contributed by atoms with Crippen molar-refractivity contribution in [2.24, 2.45) is 10.8 Å². The van der Waals surface area contributed by atoms with Gasteiger partial charge in [-0.2, -0.15) is 5.26 Å². The van der Waals surface area contributed by atoms with Gasteiger partial charge in [0.25, 0.3) is 0 Å². The van der Waals surface area contributed by atoms with Crippen molar-refractivity contribution in [3.8, 4) is 6.07 Å². The van der Waals surface area contributed by atoms with Crippen molar-refractivity contribution in [2.75, 3.05) is 0 Å². The van der Waals surface area contributed by atoms with Gasteiger partial charge in [-0.3, -0.25) is 0 Å². The van der Waals surface area contributed by atoms with Gasteiger partial charge in [-0.1, -0.05) is 19.8 Å². The van der Waals surface area contributed by atoms with E-state index in [0.717, 1.165) is 0 Å². The molecule has 2 bridgehead atoms. The molecule has 2 aliphatic carbocycles. The SMILES string of the molecule is CC12CCCC(C#N)(CCC1)C2. The van der Waals surface area contributed by atoms with E-state index in [2.05, 4.69) is 13.0 Å². The molecule has 1 heteroatoms. The number of hydrogen-bond acceptors (Lipinski definition) is 1. The Morgan fingerprint density at radius 2 is 1.67 bits per heavy atom. The molecule has 2 aliphatic rings. The summed E-state index contributed by atoms with van der Waals surface area (Å²) >= 11 is 0. The Balaban J connectivity index is 2.23. The molecule has 2 fully saturated rings. The summed E-state index contributed by atoms with van der Waals surface area (Å²) in [6, 6.07) is 2.57. The highest BCUT2D eigenvalue weighted by molar-refractivity contribution is 5.07. The molecule has 0 atom stereocenters. The lowest BCUT2D eigenvalue weighted by Crippen LogP contribution is -2.37. The minimum Gasteiger partial charge on any atom is -0.198 e. The second-order valence-electron chi connectivity index (χ2n) is 5.09. The summed E-state index contributed by atoms with van der Waals surface area (Å²) in [4.78, 5) is 0. The fraction of sp³-hybridized carbons (Fsp3) is 0.909. The highest BCUT2D eigenvalue weighted by Gasteiger charge is 2.45. The average Bonchev–Trinajstić information content (AvgIpc) is 2.03. The number of fused-ring (bicyclic) bond motifs is 2.